The number of para-hydroxylation sites is 2. The van der Waals surface area contributed by atoms with E-state index in [0.29, 0.717) is 38.5 Å². The van der Waals surface area contributed by atoms with Crippen molar-refractivity contribution >= 4 is 45.8 Å². The average molecular weight is 411 g/mol. The molecule has 1 N–H and O–H groups in total. The summed E-state index contributed by atoms with van der Waals surface area (Å²) >= 11 is 12.6. The Balaban J connectivity index is 1.71. The van der Waals surface area contributed by atoms with Crippen molar-refractivity contribution in [1.29, 1.82) is 0 Å². The smallest absolute Gasteiger partial charge is 0.260 e. The maximum atomic E-state index is 12.9. The van der Waals surface area contributed by atoms with Crippen LogP contribution >= 0.6 is 23.2 Å². The lowest BCUT2D eigenvalue weighted by molar-refractivity contribution is 0.102. The van der Waals surface area contributed by atoms with E-state index in [0.717, 1.165) is 10.9 Å². The van der Waals surface area contributed by atoms with Gasteiger partial charge in [-0.25, -0.2) is 9.67 Å². The normalized spacial score (nSPS) is 11.0. The minimum atomic E-state index is -0.285. The molecule has 4 aromatic rings. The summed E-state index contributed by atoms with van der Waals surface area (Å²) in [4.78, 5) is 17.4. The number of carbonyl (C=O) groups excluding carboxylic acids is 1. The van der Waals surface area contributed by atoms with E-state index in [-0.39, 0.29) is 5.91 Å². The van der Waals surface area contributed by atoms with E-state index in [4.69, 9.17) is 23.2 Å². The van der Waals surface area contributed by atoms with Crippen LogP contribution in [-0.4, -0.2) is 20.7 Å². The van der Waals surface area contributed by atoms with Gasteiger partial charge in [0.1, 0.15) is 11.5 Å². The Labute approximate surface area is 171 Å². The average Bonchev–Trinajstić information content (AvgIpc) is 2.95. The summed E-state index contributed by atoms with van der Waals surface area (Å²) in [5.74, 6) is 0.193. The molecule has 140 valence electrons. The Morgan fingerprint density at radius 2 is 1.68 bits per heavy atom. The van der Waals surface area contributed by atoms with E-state index in [2.05, 4.69) is 15.4 Å². The fraction of sp³-hybridized carbons (Fsp3) is 0.0952. The van der Waals surface area contributed by atoms with Gasteiger partial charge in [-0.3, -0.25) is 4.79 Å². The van der Waals surface area contributed by atoms with Gasteiger partial charge >= 0.3 is 0 Å². The highest BCUT2D eigenvalue weighted by atomic mass is 35.5. The quantitative estimate of drug-likeness (QED) is 0.478. The molecule has 1 amide bonds. The number of carbonyl (C=O) groups is 1. The minimum absolute atomic E-state index is 0.285. The maximum Gasteiger partial charge on any atom is 0.260 e. The van der Waals surface area contributed by atoms with Crippen LogP contribution in [0.3, 0.4) is 0 Å². The summed E-state index contributed by atoms with van der Waals surface area (Å²) in [5, 5.41) is 9.27. The molecule has 0 unspecified atom stereocenters. The Morgan fingerprint density at radius 3 is 2.43 bits per heavy atom. The molecule has 0 spiro atoms. The van der Waals surface area contributed by atoms with Crippen LogP contribution in [0, 0.1) is 13.8 Å². The summed E-state index contributed by atoms with van der Waals surface area (Å²) in [7, 11) is 0. The number of rotatable bonds is 3. The lowest BCUT2D eigenvalue weighted by atomic mass is 10.1. The molecule has 0 saturated heterocycles. The van der Waals surface area contributed by atoms with Crippen molar-refractivity contribution in [3.05, 3.63) is 81.6 Å². The second kappa shape index (κ2) is 7.26. The van der Waals surface area contributed by atoms with Crippen molar-refractivity contribution in [2.75, 3.05) is 5.32 Å². The van der Waals surface area contributed by atoms with E-state index in [1.54, 1.807) is 35.9 Å². The number of nitrogens with one attached hydrogen (secondary N) is 1. The molecule has 0 atom stereocenters. The van der Waals surface area contributed by atoms with Gasteiger partial charge in [0.15, 0.2) is 0 Å². The Hall–Kier alpha value is -2.89. The number of aryl methyl sites for hydroxylation is 1. The number of anilines is 1. The highest BCUT2D eigenvalue weighted by Gasteiger charge is 2.22. The lowest BCUT2D eigenvalue weighted by Gasteiger charge is -2.10. The monoisotopic (exact) mass is 410 g/mol. The third kappa shape index (κ3) is 3.23. The molecule has 0 aliphatic heterocycles. The maximum absolute atomic E-state index is 12.9. The number of hydrogen-bond donors (Lipinski definition) is 1. The van der Waals surface area contributed by atoms with Crippen LogP contribution in [0.4, 0.5) is 5.82 Å². The predicted octanol–water partition coefficient (Wildman–Crippen LogP) is 5.60. The number of nitrogens with zero attached hydrogens (tertiary/aromatic N) is 3. The third-order valence-corrected chi connectivity index (χ3v) is 5.12. The molecular weight excluding hydrogens is 395 g/mol. The van der Waals surface area contributed by atoms with E-state index >= 15 is 0 Å². The Bertz CT molecular complexity index is 1200. The molecule has 2 aromatic carbocycles. The van der Waals surface area contributed by atoms with Crippen molar-refractivity contribution in [2.45, 2.75) is 13.8 Å². The van der Waals surface area contributed by atoms with Gasteiger partial charge in [0, 0.05) is 5.39 Å². The molecular formula is C21H16Cl2N4O. The second-order valence-electron chi connectivity index (χ2n) is 6.37. The van der Waals surface area contributed by atoms with Crippen molar-refractivity contribution in [3.63, 3.8) is 0 Å². The first-order valence-corrected chi connectivity index (χ1v) is 9.39. The van der Waals surface area contributed by atoms with Crippen molar-refractivity contribution < 1.29 is 4.79 Å². The topological polar surface area (TPSA) is 59.8 Å². The second-order valence-corrected chi connectivity index (χ2v) is 7.19. The van der Waals surface area contributed by atoms with E-state index in [9.17, 15) is 4.79 Å². The first-order valence-electron chi connectivity index (χ1n) is 8.63. The van der Waals surface area contributed by atoms with Crippen molar-refractivity contribution in [3.8, 4) is 5.69 Å². The van der Waals surface area contributed by atoms with Gasteiger partial charge in [0.25, 0.3) is 5.91 Å². The van der Waals surface area contributed by atoms with Crippen molar-refractivity contribution in [2.24, 2.45) is 0 Å². The molecule has 7 heteroatoms. The third-order valence-electron chi connectivity index (χ3n) is 4.51. The number of amides is 1. The molecule has 4 rings (SSSR count). The summed E-state index contributed by atoms with van der Waals surface area (Å²) in [6.07, 6.45) is 0. The van der Waals surface area contributed by atoms with Gasteiger partial charge in [0.2, 0.25) is 0 Å². The molecule has 0 aliphatic rings. The van der Waals surface area contributed by atoms with Crippen LogP contribution in [0.15, 0.2) is 54.6 Å². The molecule has 2 aromatic heterocycles. The largest absolute Gasteiger partial charge is 0.306 e. The number of halogens is 2. The van der Waals surface area contributed by atoms with Crippen LogP contribution < -0.4 is 5.32 Å². The molecule has 28 heavy (non-hydrogen) atoms. The zero-order valence-electron chi connectivity index (χ0n) is 15.2. The van der Waals surface area contributed by atoms with Crippen molar-refractivity contribution in [1.82, 2.24) is 14.8 Å². The predicted molar refractivity (Wildman–Crippen MR) is 113 cm³/mol. The van der Waals surface area contributed by atoms with Crippen LogP contribution in [0.2, 0.25) is 10.0 Å². The van der Waals surface area contributed by atoms with Gasteiger partial charge in [-0.05, 0) is 44.2 Å². The van der Waals surface area contributed by atoms with Gasteiger partial charge in [0.05, 0.1) is 32.5 Å². The lowest BCUT2D eigenvalue weighted by Crippen LogP contribution is -2.15. The van der Waals surface area contributed by atoms with Gasteiger partial charge in [-0.2, -0.15) is 5.10 Å². The Kier molecular flexibility index (Phi) is 4.79. The number of benzene rings is 2. The summed E-state index contributed by atoms with van der Waals surface area (Å²) in [5.41, 5.74) is 3.05. The fourth-order valence-corrected chi connectivity index (χ4v) is 3.75. The highest BCUT2D eigenvalue weighted by molar-refractivity contribution is 6.37. The SMILES string of the molecule is Cc1nn(-c2c(Cl)cccc2Cl)c(C)c1C(=O)Nc1ccc2ccccc2n1. The number of hydrogen-bond acceptors (Lipinski definition) is 3. The fourth-order valence-electron chi connectivity index (χ4n) is 3.19. The molecule has 2 heterocycles. The molecule has 0 radical (unpaired) electrons. The van der Waals surface area contributed by atoms with E-state index in [1.807, 2.05) is 37.3 Å². The Morgan fingerprint density at radius 1 is 0.964 bits per heavy atom. The highest BCUT2D eigenvalue weighted by Crippen LogP contribution is 2.30. The summed E-state index contributed by atoms with van der Waals surface area (Å²) < 4.78 is 1.60. The van der Waals surface area contributed by atoms with Gasteiger partial charge in [-0.15, -0.1) is 0 Å². The van der Waals surface area contributed by atoms with Gasteiger partial charge in [-0.1, -0.05) is 47.5 Å². The van der Waals surface area contributed by atoms with E-state index in [1.165, 1.54) is 0 Å². The molecule has 0 saturated carbocycles. The first kappa shape index (κ1) is 18.5. The molecule has 0 bridgehead atoms. The standard InChI is InChI=1S/C21H16Cl2N4O/c1-12-19(13(2)27(26-12)20-15(22)7-5-8-16(20)23)21(28)25-18-11-10-14-6-3-4-9-17(14)24-18/h3-11H,1-2H3,(H,24,25,28). The van der Waals surface area contributed by atoms with Crippen LogP contribution in [0.1, 0.15) is 21.7 Å². The zero-order chi connectivity index (χ0) is 19.8. The molecule has 5 nitrogen and oxygen atoms in total. The summed E-state index contributed by atoms with van der Waals surface area (Å²) in [6.45, 7) is 3.58. The van der Waals surface area contributed by atoms with Crippen LogP contribution in [-0.2, 0) is 0 Å². The van der Waals surface area contributed by atoms with Gasteiger partial charge < -0.3 is 5.32 Å². The molecule has 0 aliphatic carbocycles. The van der Waals surface area contributed by atoms with E-state index < -0.39 is 0 Å². The zero-order valence-corrected chi connectivity index (χ0v) is 16.7. The minimum Gasteiger partial charge on any atom is -0.306 e. The number of aromatic nitrogens is 3. The van der Waals surface area contributed by atoms with Crippen LogP contribution in [0.5, 0.6) is 0 Å². The number of pyridine rings is 1. The first-order chi connectivity index (χ1) is 13.5. The summed E-state index contributed by atoms with van der Waals surface area (Å²) in [6, 6.07) is 16.7. The molecule has 0 fully saturated rings. The number of fused-ring (bicyclic) bond motifs is 1. The van der Waals surface area contributed by atoms with Crippen LogP contribution in [0.25, 0.3) is 16.6 Å².